The summed E-state index contributed by atoms with van der Waals surface area (Å²) in [5.74, 6) is 1.21. The van der Waals surface area contributed by atoms with Gasteiger partial charge in [-0.05, 0) is 36.6 Å². The van der Waals surface area contributed by atoms with Gasteiger partial charge in [0, 0.05) is 32.4 Å². The largest absolute Gasteiger partial charge is 0.338 e. The Kier molecular flexibility index (Phi) is 5.30. The van der Waals surface area contributed by atoms with Crippen LogP contribution in [0.2, 0.25) is 0 Å². The van der Waals surface area contributed by atoms with Crippen molar-refractivity contribution in [1.29, 1.82) is 0 Å². The van der Waals surface area contributed by atoms with Gasteiger partial charge in [0.2, 0.25) is 0 Å². The number of halogens is 1. The normalized spacial score (nSPS) is 12.6. The molecule has 1 aromatic heterocycles. The maximum absolute atomic E-state index is 13.4. The average Bonchev–Trinajstić information content (AvgIpc) is 2.84. The van der Waals surface area contributed by atoms with E-state index < -0.39 is 0 Å². The van der Waals surface area contributed by atoms with E-state index in [2.05, 4.69) is 17.2 Å². The zero-order chi connectivity index (χ0) is 14.4. The van der Waals surface area contributed by atoms with E-state index in [1.165, 1.54) is 6.07 Å². The molecule has 0 spiro atoms. The van der Waals surface area contributed by atoms with E-state index in [9.17, 15) is 4.39 Å². The minimum atomic E-state index is -0.166. The van der Waals surface area contributed by atoms with Crippen LogP contribution in [0, 0.1) is 5.82 Å². The maximum atomic E-state index is 13.4. The second-order valence-corrected chi connectivity index (χ2v) is 5.05. The number of rotatable bonds is 7. The Morgan fingerprint density at radius 1 is 1.40 bits per heavy atom. The molecule has 0 aliphatic heterocycles. The van der Waals surface area contributed by atoms with E-state index in [0.717, 1.165) is 37.3 Å². The molecule has 2 rings (SSSR count). The van der Waals surface area contributed by atoms with Crippen LogP contribution in [0.4, 0.5) is 4.39 Å². The lowest BCUT2D eigenvalue weighted by Gasteiger charge is -2.18. The first-order chi connectivity index (χ1) is 9.70. The molecule has 4 heteroatoms. The third-order valence-corrected chi connectivity index (χ3v) is 3.60. The minimum absolute atomic E-state index is 0.166. The molecule has 0 saturated carbocycles. The fourth-order valence-electron chi connectivity index (χ4n) is 2.41. The molecule has 0 radical (unpaired) electrons. The smallest absolute Gasteiger partial charge is 0.123 e. The summed E-state index contributed by atoms with van der Waals surface area (Å²) in [4.78, 5) is 4.35. The third-order valence-electron chi connectivity index (χ3n) is 3.60. The summed E-state index contributed by atoms with van der Waals surface area (Å²) in [6, 6.07) is 6.92. The van der Waals surface area contributed by atoms with Crippen LogP contribution in [0.1, 0.15) is 30.7 Å². The fourth-order valence-corrected chi connectivity index (χ4v) is 2.41. The monoisotopic (exact) mass is 275 g/mol. The third kappa shape index (κ3) is 3.90. The van der Waals surface area contributed by atoms with Crippen molar-refractivity contribution in [2.45, 2.75) is 25.7 Å². The van der Waals surface area contributed by atoms with Gasteiger partial charge in [0.05, 0.1) is 0 Å². The highest BCUT2D eigenvalue weighted by Gasteiger charge is 2.13. The molecule has 2 aromatic rings. The number of benzene rings is 1. The van der Waals surface area contributed by atoms with Gasteiger partial charge in [0.15, 0.2) is 0 Å². The van der Waals surface area contributed by atoms with Crippen molar-refractivity contribution in [2.24, 2.45) is 7.05 Å². The first-order valence-corrected chi connectivity index (χ1v) is 7.13. The Morgan fingerprint density at radius 3 is 2.90 bits per heavy atom. The molecular weight excluding hydrogens is 253 g/mol. The van der Waals surface area contributed by atoms with Gasteiger partial charge in [-0.3, -0.25) is 0 Å². The van der Waals surface area contributed by atoms with Crippen LogP contribution in [0.5, 0.6) is 0 Å². The summed E-state index contributed by atoms with van der Waals surface area (Å²) >= 11 is 0. The van der Waals surface area contributed by atoms with Gasteiger partial charge >= 0.3 is 0 Å². The number of imidazole rings is 1. The molecule has 1 N–H and O–H groups in total. The number of likely N-dealkylation sites (N-methyl/N-ethyl adjacent to an activating group) is 1. The predicted octanol–water partition coefficient (Wildman–Crippen LogP) is 2.89. The highest BCUT2D eigenvalue weighted by Crippen LogP contribution is 2.21. The second-order valence-electron chi connectivity index (χ2n) is 5.05. The van der Waals surface area contributed by atoms with E-state index in [0.29, 0.717) is 5.92 Å². The topological polar surface area (TPSA) is 29.9 Å². The summed E-state index contributed by atoms with van der Waals surface area (Å²) in [6.45, 7) is 3.87. The van der Waals surface area contributed by atoms with Crippen LogP contribution < -0.4 is 5.32 Å². The molecule has 0 fully saturated rings. The van der Waals surface area contributed by atoms with E-state index >= 15 is 0 Å². The molecule has 0 aliphatic rings. The Hall–Kier alpha value is -1.68. The van der Waals surface area contributed by atoms with Crippen LogP contribution in [0.15, 0.2) is 36.7 Å². The molecule has 1 aromatic carbocycles. The molecule has 108 valence electrons. The lowest BCUT2D eigenvalue weighted by atomic mass is 9.94. The number of nitrogens with zero attached hydrogens (tertiary/aromatic N) is 2. The Labute approximate surface area is 119 Å². The van der Waals surface area contributed by atoms with E-state index in [1.807, 2.05) is 30.1 Å². The standard InChI is InChI=1S/C16H22FN3/c1-3-18-12-14(13-5-4-6-15(17)11-13)7-8-16-19-9-10-20(16)2/h4-6,9-11,14,18H,3,7-8,12H2,1-2H3. The molecule has 1 heterocycles. The summed E-state index contributed by atoms with van der Waals surface area (Å²) in [6.07, 6.45) is 5.63. The molecule has 1 unspecified atom stereocenters. The number of nitrogens with one attached hydrogen (secondary N) is 1. The lowest BCUT2D eigenvalue weighted by molar-refractivity contribution is 0.544. The van der Waals surface area contributed by atoms with Crippen LogP contribution in [-0.2, 0) is 13.5 Å². The summed E-state index contributed by atoms with van der Waals surface area (Å²) < 4.78 is 15.4. The number of aromatic nitrogens is 2. The number of hydrogen-bond acceptors (Lipinski definition) is 2. The van der Waals surface area contributed by atoms with Gasteiger partial charge < -0.3 is 9.88 Å². The van der Waals surface area contributed by atoms with Crippen LogP contribution in [-0.4, -0.2) is 22.6 Å². The molecule has 0 aliphatic carbocycles. The highest BCUT2D eigenvalue weighted by atomic mass is 19.1. The van der Waals surface area contributed by atoms with E-state index in [-0.39, 0.29) is 5.82 Å². The predicted molar refractivity (Wildman–Crippen MR) is 79.2 cm³/mol. The average molecular weight is 275 g/mol. The molecular formula is C16H22FN3. The fraction of sp³-hybridized carbons (Fsp3) is 0.438. The Balaban J connectivity index is 2.05. The quantitative estimate of drug-likeness (QED) is 0.842. The molecule has 0 saturated heterocycles. The van der Waals surface area contributed by atoms with Crippen molar-refractivity contribution in [3.05, 3.63) is 53.9 Å². The van der Waals surface area contributed by atoms with Crippen molar-refractivity contribution in [1.82, 2.24) is 14.9 Å². The SMILES string of the molecule is CCNCC(CCc1nccn1C)c1cccc(F)c1. The van der Waals surface area contributed by atoms with Gasteiger partial charge in [0.1, 0.15) is 11.6 Å². The Morgan fingerprint density at radius 2 is 2.25 bits per heavy atom. The van der Waals surface area contributed by atoms with Gasteiger partial charge in [-0.1, -0.05) is 19.1 Å². The molecule has 0 amide bonds. The molecule has 1 atom stereocenters. The van der Waals surface area contributed by atoms with Crippen molar-refractivity contribution in [2.75, 3.05) is 13.1 Å². The van der Waals surface area contributed by atoms with Crippen LogP contribution >= 0.6 is 0 Å². The summed E-state index contributed by atoms with van der Waals surface area (Å²) in [7, 11) is 2.00. The molecule has 3 nitrogen and oxygen atoms in total. The van der Waals surface area contributed by atoms with Crippen molar-refractivity contribution in [3.63, 3.8) is 0 Å². The van der Waals surface area contributed by atoms with Crippen molar-refractivity contribution < 1.29 is 4.39 Å². The second kappa shape index (κ2) is 7.20. The first-order valence-electron chi connectivity index (χ1n) is 7.13. The summed E-state index contributed by atoms with van der Waals surface area (Å²) in [5, 5.41) is 3.36. The van der Waals surface area contributed by atoms with E-state index in [1.54, 1.807) is 12.1 Å². The van der Waals surface area contributed by atoms with E-state index in [4.69, 9.17) is 0 Å². The molecule has 0 bridgehead atoms. The number of hydrogen-bond donors (Lipinski definition) is 1. The minimum Gasteiger partial charge on any atom is -0.338 e. The van der Waals surface area contributed by atoms with Gasteiger partial charge in [-0.15, -0.1) is 0 Å². The van der Waals surface area contributed by atoms with Gasteiger partial charge in [-0.2, -0.15) is 0 Å². The van der Waals surface area contributed by atoms with Crippen LogP contribution in [0.3, 0.4) is 0 Å². The van der Waals surface area contributed by atoms with Gasteiger partial charge in [-0.25, -0.2) is 9.37 Å². The highest BCUT2D eigenvalue weighted by molar-refractivity contribution is 5.21. The first kappa shape index (κ1) is 14.7. The zero-order valence-corrected chi connectivity index (χ0v) is 12.1. The summed E-state index contributed by atoms with van der Waals surface area (Å²) in [5.41, 5.74) is 1.06. The van der Waals surface area contributed by atoms with Crippen molar-refractivity contribution >= 4 is 0 Å². The van der Waals surface area contributed by atoms with Crippen LogP contribution in [0.25, 0.3) is 0 Å². The Bertz CT molecular complexity index is 536. The lowest BCUT2D eigenvalue weighted by Crippen LogP contribution is -2.22. The van der Waals surface area contributed by atoms with Gasteiger partial charge in [0.25, 0.3) is 0 Å². The zero-order valence-electron chi connectivity index (χ0n) is 12.1. The maximum Gasteiger partial charge on any atom is 0.123 e. The van der Waals surface area contributed by atoms with Crippen molar-refractivity contribution in [3.8, 4) is 0 Å². The number of aryl methyl sites for hydroxylation is 2. The molecule has 20 heavy (non-hydrogen) atoms.